The van der Waals surface area contributed by atoms with Gasteiger partial charge in [0.05, 0.1) is 36.6 Å². The number of nitrogens with zero attached hydrogens (tertiary/aromatic N) is 3. The molecule has 1 aromatic heterocycles. The Kier molecular flexibility index (Phi) is 4.85. The van der Waals surface area contributed by atoms with Crippen LogP contribution < -0.4 is 10.2 Å². The number of nitrogens with one attached hydrogen (secondary N) is 1. The van der Waals surface area contributed by atoms with E-state index in [1.54, 1.807) is 0 Å². The van der Waals surface area contributed by atoms with Gasteiger partial charge in [-0.1, -0.05) is 20.8 Å². The van der Waals surface area contributed by atoms with Gasteiger partial charge in [-0.05, 0) is 31.5 Å². The van der Waals surface area contributed by atoms with Crippen LogP contribution in [0.2, 0.25) is 18.1 Å². The normalized spacial score (nSPS) is 25.2. The molecule has 0 aromatic carbocycles. The van der Waals surface area contributed by atoms with Gasteiger partial charge >= 0.3 is 0 Å². The summed E-state index contributed by atoms with van der Waals surface area (Å²) in [5, 5.41) is 8.11. The maximum atomic E-state index is 12.8. The van der Waals surface area contributed by atoms with Gasteiger partial charge < -0.3 is 14.6 Å². The summed E-state index contributed by atoms with van der Waals surface area (Å²) in [4.78, 5) is 14.7. The van der Waals surface area contributed by atoms with Gasteiger partial charge in [0.15, 0.2) is 8.32 Å². The monoisotopic (exact) mass is 364 g/mol. The molecule has 2 aliphatic heterocycles. The number of aromatic nitrogens is 2. The molecule has 2 aliphatic rings. The van der Waals surface area contributed by atoms with Gasteiger partial charge in [0, 0.05) is 19.1 Å². The molecule has 0 radical (unpaired) electrons. The maximum Gasteiger partial charge on any atom is 0.229 e. The molecule has 1 N–H and O–H groups in total. The van der Waals surface area contributed by atoms with Crippen molar-refractivity contribution >= 4 is 19.9 Å². The molecule has 7 heteroatoms. The molecule has 1 fully saturated rings. The van der Waals surface area contributed by atoms with E-state index in [0.29, 0.717) is 19.0 Å². The molecule has 0 bridgehead atoms. The lowest BCUT2D eigenvalue weighted by molar-refractivity contribution is -0.121. The molecule has 140 valence electrons. The largest absolute Gasteiger partial charge is 0.413 e. The van der Waals surface area contributed by atoms with Crippen molar-refractivity contribution in [3.63, 3.8) is 0 Å². The van der Waals surface area contributed by atoms with Crippen molar-refractivity contribution in [2.45, 2.75) is 83.9 Å². The van der Waals surface area contributed by atoms with Crippen molar-refractivity contribution in [1.82, 2.24) is 15.1 Å². The van der Waals surface area contributed by atoms with Crippen molar-refractivity contribution < 1.29 is 9.22 Å². The number of amides is 1. The Morgan fingerprint density at radius 3 is 2.72 bits per heavy atom. The second kappa shape index (κ2) is 6.52. The number of anilines is 1. The molecule has 3 rings (SSSR count). The fourth-order valence-electron chi connectivity index (χ4n) is 3.31. The number of carbonyl (C=O) groups is 1. The van der Waals surface area contributed by atoms with Gasteiger partial charge in [0.2, 0.25) is 5.91 Å². The number of rotatable bonds is 3. The van der Waals surface area contributed by atoms with Crippen LogP contribution in [-0.4, -0.2) is 42.7 Å². The average molecular weight is 365 g/mol. The minimum Gasteiger partial charge on any atom is -0.413 e. The summed E-state index contributed by atoms with van der Waals surface area (Å²) in [7, 11) is -1.84. The van der Waals surface area contributed by atoms with Crippen LogP contribution in [0.4, 0.5) is 5.69 Å². The van der Waals surface area contributed by atoms with Crippen LogP contribution in [0.25, 0.3) is 0 Å². The van der Waals surface area contributed by atoms with Gasteiger partial charge in [-0.15, -0.1) is 0 Å². The lowest BCUT2D eigenvalue weighted by Crippen LogP contribution is -2.49. The minimum atomic E-state index is -1.84. The first kappa shape index (κ1) is 18.6. The topological polar surface area (TPSA) is 59.4 Å². The maximum absolute atomic E-state index is 12.8. The Bertz CT molecular complexity index is 650. The van der Waals surface area contributed by atoms with Gasteiger partial charge in [-0.25, -0.2) is 0 Å². The molecule has 0 saturated carbocycles. The van der Waals surface area contributed by atoms with E-state index in [1.807, 2.05) is 15.8 Å². The van der Waals surface area contributed by atoms with E-state index in [4.69, 9.17) is 4.43 Å². The number of piperidine rings is 1. The van der Waals surface area contributed by atoms with Crippen LogP contribution in [-0.2, 0) is 22.3 Å². The summed E-state index contributed by atoms with van der Waals surface area (Å²) >= 11 is 0. The van der Waals surface area contributed by atoms with Crippen LogP contribution in [0, 0.1) is 0 Å². The van der Waals surface area contributed by atoms with E-state index >= 15 is 0 Å². The lowest BCUT2D eigenvalue weighted by Gasteiger charge is -2.41. The Labute approximate surface area is 152 Å². The fraction of sp³-hybridized carbons (Fsp3) is 0.778. The number of carbonyl (C=O) groups excluding carboxylic acids is 1. The smallest absolute Gasteiger partial charge is 0.229 e. The first-order valence-electron chi connectivity index (χ1n) is 9.35. The summed E-state index contributed by atoms with van der Waals surface area (Å²) in [6, 6.07) is 0.416. The molecule has 1 saturated heterocycles. The van der Waals surface area contributed by atoms with Crippen molar-refractivity contribution in [2.24, 2.45) is 0 Å². The summed E-state index contributed by atoms with van der Waals surface area (Å²) in [5.74, 6) is 0.157. The third-order valence-electron chi connectivity index (χ3n) is 5.93. The predicted molar refractivity (Wildman–Crippen MR) is 102 cm³/mol. The zero-order valence-electron chi connectivity index (χ0n) is 16.4. The number of hydrogen-bond donors (Lipinski definition) is 1. The van der Waals surface area contributed by atoms with Gasteiger partial charge in [-0.3, -0.25) is 9.48 Å². The van der Waals surface area contributed by atoms with Crippen molar-refractivity contribution in [1.29, 1.82) is 0 Å². The molecule has 1 amide bonds. The average Bonchev–Trinajstić information content (AvgIpc) is 2.88. The van der Waals surface area contributed by atoms with Crippen LogP contribution in [0.1, 0.15) is 46.2 Å². The van der Waals surface area contributed by atoms with Gasteiger partial charge in [0.1, 0.15) is 0 Å². The summed E-state index contributed by atoms with van der Waals surface area (Å²) < 4.78 is 8.49. The second-order valence-electron chi connectivity index (χ2n) is 8.98. The Balaban J connectivity index is 1.68. The summed E-state index contributed by atoms with van der Waals surface area (Å²) in [6.07, 6.45) is 3.27. The number of hydrogen-bond acceptors (Lipinski definition) is 4. The molecule has 0 spiro atoms. The van der Waals surface area contributed by atoms with Crippen LogP contribution in [0.5, 0.6) is 0 Å². The van der Waals surface area contributed by atoms with Crippen molar-refractivity contribution in [3.8, 4) is 0 Å². The molecule has 0 aliphatic carbocycles. The zero-order chi connectivity index (χ0) is 18.4. The first-order chi connectivity index (χ1) is 11.6. The molecule has 3 heterocycles. The Hall–Kier alpha value is -1.18. The predicted octanol–water partition coefficient (Wildman–Crippen LogP) is 2.89. The summed E-state index contributed by atoms with van der Waals surface area (Å²) in [6.45, 7) is 15.7. The Morgan fingerprint density at radius 1 is 1.36 bits per heavy atom. The lowest BCUT2D eigenvalue weighted by atomic mass is 10.1. The molecule has 1 aromatic rings. The van der Waals surface area contributed by atoms with E-state index in [-0.39, 0.29) is 17.0 Å². The molecule has 1 unspecified atom stereocenters. The Morgan fingerprint density at radius 2 is 2.08 bits per heavy atom. The highest BCUT2D eigenvalue weighted by Gasteiger charge is 2.41. The summed E-state index contributed by atoms with van der Waals surface area (Å²) in [5.41, 5.74) is 2.09. The van der Waals surface area contributed by atoms with E-state index in [9.17, 15) is 4.79 Å². The highest BCUT2D eigenvalue weighted by molar-refractivity contribution is 6.74. The third kappa shape index (κ3) is 3.68. The minimum absolute atomic E-state index is 0.0502. The molecular formula is C18H32N4O2Si. The number of fused-ring (bicyclic) bond motifs is 1. The van der Waals surface area contributed by atoms with E-state index in [2.05, 4.69) is 51.2 Å². The standard InChI is InChI=1S/C18H32N4O2Si/c1-13-12-22-16(10-19-13)15(11-20-22)21-8-7-14(9-17(21)23)24-25(5,6)18(2,3)4/h11,13-14,19H,7-10,12H2,1-6H3/t13-,14?/m0/s1. The highest BCUT2D eigenvalue weighted by atomic mass is 28.4. The fourth-order valence-corrected chi connectivity index (χ4v) is 4.70. The molecular weight excluding hydrogens is 332 g/mol. The van der Waals surface area contributed by atoms with E-state index in [1.165, 1.54) is 0 Å². The van der Waals surface area contributed by atoms with Crippen molar-refractivity contribution in [3.05, 3.63) is 11.9 Å². The third-order valence-corrected chi connectivity index (χ3v) is 10.5. The van der Waals surface area contributed by atoms with Crippen LogP contribution in [0.15, 0.2) is 6.20 Å². The van der Waals surface area contributed by atoms with E-state index in [0.717, 1.165) is 30.9 Å². The quantitative estimate of drug-likeness (QED) is 0.838. The highest BCUT2D eigenvalue weighted by Crippen LogP contribution is 2.39. The molecule has 2 atom stereocenters. The van der Waals surface area contributed by atoms with Gasteiger partial charge in [-0.2, -0.15) is 5.10 Å². The van der Waals surface area contributed by atoms with Crippen LogP contribution >= 0.6 is 0 Å². The van der Waals surface area contributed by atoms with Crippen LogP contribution in [0.3, 0.4) is 0 Å². The van der Waals surface area contributed by atoms with Gasteiger partial charge in [0.25, 0.3) is 0 Å². The SMILES string of the molecule is C[C@H]1Cn2ncc(N3CCC(O[Si](C)(C)C(C)(C)C)CC3=O)c2CN1. The molecule has 6 nitrogen and oxygen atoms in total. The molecule has 25 heavy (non-hydrogen) atoms. The van der Waals surface area contributed by atoms with Crippen molar-refractivity contribution in [2.75, 3.05) is 11.4 Å². The first-order valence-corrected chi connectivity index (χ1v) is 12.3. The zero-order valence-corrected chi connectivity index (χ0v) is 17.4. The van der Waals surface area contributed by atoms with E-state index < -0.39 is 8.32 Å². The second-order valence-corrected chi connectivity index (χ2v) is 13.7.